The third-order valence-corrected chi connectivity index (χ3v) is 2.46. The Balaban J connectivity index is 0.00000169. The zero-order chi connectivity index (χ0) is 10.0. The van der Waals surface area contributed by atoms with Crippen LogP contribution in [0.4, 0.5) is 0 Å². The van der Waals surface area contributed by atoms with E-state index in [2.05, 4.69) is 26.2 Å². The number of hydrogen-bond acceptors (Lipinski definition) is 2. The smallest absolute Gasteiger partial charge is 0.208 e. The minimum absolute atomic E-state index is 0. The predicted molar refractivity (Wildman–Crippen MR) is 52.6 cm³/mol. The molecule has 1 N–H and O–H groups in total. The Morgan fingerprint density at radius 3 is 2.57 bits per heavy atom. The number of amides is 1. The van der Waals surface area contributed by atoms with Gasteiger partial charge in [-0.2, -0.15) is 0 Å². The van der Waals surface area contributed by atoms with Crippen LogP contribution in [0, 0.1) is 19.9 Å². The number of carbonyl (C=O) groups excluding carboxylic acids is 1. The van der Waals surface area contributed by atoms with E-state index in [1.165, 1.54) is 4.90 Å². The summed E-state index contributed by atoms with van der Waals surface area (Å²) in [5.74, 6) is 0.648. The molecule has 1 aliphatic heterocycles. The minimum Gasteiger partial charge on any atom is -0.517 e. The van der Waals surface area contributed by atoms with Crippen LogP contribution in [-0.4, -0.2) is 29.4 Å². The summed E-state index contributed by atoms with van der Waals surface area (Å²) < 4.78 is 0. The van der Waals surface area contributed by atoms with E-state index in [1.54, 1.807) is 0 Å². The molecule has 1 heterocycles. The van der Waals surface area contributed by atoms with E-state index in [-0.39, 0.29) is 50.7 Å². The Labute approximate surface area is 112 Å². The van der Waals surface area contributed by atoms with Crippen LogP contribution in [0.2, 0.25) is 0 Å². The van der Waals surface area contributed by atoms with Gasteiger partial charge in [-0.05, 0) is 18.9 Å². The number of hydrogen-bond donors (Lipinski definition) is 1. The van der Waals surface area contributed by atoms with E-state index in [4.69, 9.17) is 0 Å². The first-order valence-electron chi connectivity index (χ1n) is 4.72. The van der Waals surface area contributed by atoms with Gasteiger partial charge in [-0.25, -0.2) is 0 Å². The summed E-state index contributed by atoms with van der Waals surface area (Å²) >= 11 is 0. The standard InChI is InChI=1S/C10H18N2O.Y/c1-7(2)12(4)10(13)9-5-8(3)6-11-9;/h7-9,11H,1,4-6H2,2-3H3;/q-2;/t7-,8-,9-;/m0./s1. The van der Waals surface area contributed by atoms with Crippen molar-refractivity contribution in [3.8, 4) is 0 Å². The average Bonchev–Trinajstić information content (AvgIpc) is 2.49. The monoisotopic (exact) mass is 271 g/mol. The average molecular weight is 271 g/mol. The van der Waals surface area contributed by atoms with Gasteiger partial charge in [0, 0.05) is 32.7 Å². The molecule has 0 unspecified atom stereocenters. The van der Waals surface area contributed by atoms with Crippen LogP contribution in [0.1, 0.15) is 20.3 Å². The molecule has 3 atom stereocenters. The van der Waals surface area contributed by atoms with Gasteiger partial charge in [-0.3, -0.25) is 11.8 Å². The number of carbonyl (C=O) groups is 1. The van der Waals surface area contributed by atoms with Gasteiger partial charge in [0.25, 0.3) is 0 Å². The van der Waals surface area contributed by atoms with Crippen molar-refractivity contribution < 1.29 is 37.5 Å². The van der Waals surface area contributed by atoms with Crippen molar-refractivity contribution >= 4 is 5.91 Å². The summed E-state index contributed by atoms with van der Waals surface area (Å²) in [5.41, 5.74) is 0. The Morgan fingerprint density at radius 2 is 2.21 bits per heavy atom. The van der Waals surface area contributed by atoms with Crippen LogP contribution in [0.5, 0.6) is 0 Å². The molecule has 0 aromatic carbocycles. The maximum atomic E-state index is 11.7. The summed E-state index contributed by atoms with van der Waals surface area (Å²) in [6.07, 6.45) is 0.914. The fourth-order valence-corrected chi connectivity index (χ4v) is 1.52. The molecular formula is C10H18N2OY-2. The third-order valence-electron chi connectivity index (χ3n) is 2.46. The molecule has 14 heavy (non-hydrogen) atoms. The molecule has 1 radical (unpaired) electrons. The molecule has 0 aromatic heterocycles. The number of rotatable bonds is 2. The van der Waals surface area contributed by atoms with Crippen molar-refractivity contribution in [3.63, 3.8) is 0 Å². The third kappa shape index (κ3) is 3.60. The second-order valence-corrected chi connectivity index (χ2v) is 3.96. The van der Waals surface area contributed by atoms with Crippen LogP contribution in [0.15, 0.2) is 0 Å². The van der Waals surface area contributed by atoms with Gasteiger partial charge in [0.15, 0.2) is 0 Å². The minimum atomic E-state index is -0.0646. The Bertz CT molecular complexity index is 197. The fourth-order valence-electron chi connectivity index (χ4n) is 1.52. The Kier molecular flexibility index (Phi) is 6.43. The van der Waals surface area contributed by atoms with Gasteiger partial charge in [0.2, 0.25) is 5.91 Å². The molecule has 1 amide bonds. The van der Waals surface area contributed by atoms with E-state index < -0.39 is 0 Å². The zero-order valence-electron chi connectivity index (χ0n) is 8.99. The summed E-state index contributed by atoms with van der Waals surface area (Å²) in [6.45, 7) is 8.70. The van der Waals surface area contributed by atoms with Crippen LogP contribution in [-0.2, 0) is 37.5 Å². The molecule has 0 saturated carbocycles. The molecule has 4 heteroatoms. The molecule has 0 bridgehead atoms. The molecule has 0 spiro atoms. The SMILES string of the molecule is [CH2-][C@@H](C)N([CH2-])C(=O)[C@@H]1C[C@H](C)CN1.[Y]. The second kappa shape index (κ2) is 6.19. The predicted octanol–water partition coefficient (Wildman–Crippen LogP) is 0.825. The van der Waals surface area contributed by atoms with Crippen molar-refractivity contribution in [3.05, 3.63) is 14.0 Å². The Hall–Kier alpha value is 0.534. The van der Waals surface area contributed by atoms with Crippen LogP contribution < -0.4 is 5.32 Å². The van der Waals surface area contributed by atoms with E-state index in [0.29, 0.717) is 5.92 Å². The molecule has 1 fully saturated rings. The quantitative estimate of drug-likeness (QED) is 0.754. The fraction of sp³-hybridized carbons (Fsp3) is 0.700. The largest absolute Gasteiger partial charge is 0.517 e. The van der Waals surface area contributed by atoms with Crippen molar-refractivity contribution in [2.24, 2.45) is 5.92 Å². The summed E-state index contributed by atoms with van der Waals surface area (Å²) in [4.78, 5) is 13.1. The van der Waals surface area contributed by atoms with Gasteiger partial charge in [0.1, 0.15) is 0 Å². The maximum Gasteiger partial charge on any atom is 0.208 e. The summed E-state index contributed by atoms with van der Waals surface area (Å²) in [6, 6.07) is -0.109. The first-order chi connectivity index (χ1) is 6.02. The molecule has 3 nitrogen and oxygen atoms in total. The molecule has 0 aliphatic carbocycles. The van der Waals surface area contributed by atoms with Crippen LogP contribution in [0.3, 0.4) is 0 Å². The zero-order valence-corrected chi connectivity index (χ0v) is 11.8. The second-order valence-electron chi connectivity index (χ2n) is 3.96. The van der Waals surface area contributed by atoms with Crippen molar-refractivity contribution in [1.29, 1.82) is 0 Å². The topological polar surface area (TPSA) is 32.3 Å². The first kappa shape index (κ1) is 14.5. The molecule has 0 aromatic rings. The van der Waals surface area contributed by atoms with Gasteiger partial charge in [-0.15, -0.1) is 6.04 Å². The van der Waals surface area contributed by atoms with Crippen molar-refractivity contribution in [2.45, 2.75) is 32.4 Å². The Morgan fingerprint density at radius 1 is 1.64 bits per heavy atom. The number of nitrogens with zero attached hydrogens (tertiary/aromatic N) is 1. The van der Waals surface area contributed by atoms with E-state index in [9.17, 15) is 4.79 Å². The van der Waals surface area contributed by atoms with Crippen molar-refractivity contribution in [1.82, 2.24) is 10.2 Å². The maximum absolute atomic E-state index is 11.7. The van der Waals surface area contributed by atoms with E-state index in [1.807, 2.05) is 6.92 Å². The van der Waals surface area contributed by atoms with E-state index in [0.717, 1.165) is 13.0 Å². The molecule has 1 aliphatic rings. The van der Waals surface area contributed by atoms with Crippen LogP contribution in [0.25, 0.3) is 0 Å². The van der Waals surface area contributed by atoms with Gasteiger partial charge >= 0.3 is 0 Å². The normalized spacial score (nSPS) is 28.0. The van der Waals surface area contributed by atoms with Gasteiger partial charge in [-0.1, -0.05) is 13.8 Å². The van der Waals surface area contributed by atoms with Gasteiger partial charge in [0.05, 0.1) is 6.04 Å². The van der Waals surface area contributed by atoms with E-state index >= 15 is 0 Å². The van der Waals surface area contributed by atoms with Crippen molar-refractivity contribution in [2.75, 3.05) is 6.54 Å². The molecule has 1 saturated heterocycles. The first-order valence-corrected chi connectivity index (χ1v) is 4.72. The molecule has 1 rings (SSSR count). The molecule has 79 valence electrons. The van der Waals surface area contributed by atoms with Crippen LogP contribution >= 0.6 is 0 Å². The van der Waals surface area contributed by atoms with Gasteiger partial charge < -0.3 is 17.1 Å². The summed E-state index contributed by atoms with van der Waals surface area (Å²) in [7, 11) is 3.69. The molecular weight excluding hydrogens is 253 g/mol. The number of nitrogens with one attached hydrogen (secondary N) is 1. The summed E-state index contributed by atoms with van der Waals surface area (Å²) in [5, 5.41) is 3.18.